The molecule has 0 aliphatic carbocycles. The third-order valence-electron chi connectivity index (χ3n) is 3.50. The van der Waals surface area contributed by atoms with Crippen LogP contribution >= 0.6 is 12.2 Å². The first-order valence-corrected chi connectivity index (χ1v) is 8.13. The van der Waals surface area contributed by atoms with E-state index in [1.165, 1.54) is 17.7 Å². The molecule has 2 rings (SSSR count). The molecule has 0 amide bonds. The quantitative estimate of drug-likeness (QED) is 0.659. The zero-order valence-corrected chi connectivity index (χ0v) is 14.1. The van der Waals surface area contributed by atoms with Gasteiger partial charge in [-0.15, -0.1) is 0 Å². The molecule has 0 aromatic heterocycles. The molecule has 0 heterocycles. The van der Waals surface area contributed by atoms with Crippen LogP contribution in [0.25, 0.3) is 0 Å². The fraction of sp³-hybridized carbons (Fsp3) is 0.278. The van der Waals surface area contributed by atoms with Crippen LogP contribution in [0.5, 0.6) is 0 Å². The number of hydrogen-bond donors (Lipinski definition) is 2. The zero-order valence-electron chi connectivity index (χ0n) is 13.3. The Morgan fingerprint density at radius 1 is 0.917 bits per heavy atom. The third-order valence-corrected chi connectivity index (χ3v) is 3.71. The van der Waals surface area contributed by atoms with Crippen molar-refractivity contribution in [2.75, 3.05) is 10.6 Å². The van der Waals surface area contributed by atoms with Gasteiger partial charge in [0.2, 0.25) is 0 Å². The molecule has 0 atom stereocenters. The lowest BCUT2D eigenvalue weighted by Crippen LogP contribution is -2.19. The van der Waals surface area contributed by atoms with Crippen molar-refractivity contribution in [3.05, 3.63) is 59.7 Å². The van der Waals surface area contributed by atoms with Crippen molar-refractivity contribution < 1.29 is 13.2 Å². The predicted molar refractivity (Wildman–Crippen MR) is 96.3 cm³/mol. The highest BCUT2D eigenvalue weighted by molar-refractivity contribution is 7.80. The Labute approximate surface area is 145 Å². The second kappa shape index (κ2) is 8.15. The summed E-state index contributed by atoms with van der Waals surface area (Å²) in [6.07, 6.45) is -0.982. The second-order valence-electron chi connectivity index (χ2n) is 5.45. The largest absolute Gasteiger partial charge is 0.416 e. The van der Waals surface area contributed by atoms with Crippen LogP contribution in [0.4, 0.5) is 24.5 Å². The van der Waals surface area contributed by atoms with Gasteiger partial charge in [-0.2, -0.15) is 13.2 Å². The first-order chi connectivity index (χ1) is 11.4. The van der Waals surface area contributed by atoms with E-state index in [-0.39, 0.29) is 0 Å². The number of alkyl halides is 3. The molecule has 0 saturated heterocycles. The summed E-state index contributed by atoms with van der Waals surface area (Å²) < 4.78 is 37.6. The van der Waals surface area contributed by atoms with Crippen LogP contribution in [0, 0.1) is 0 Å². The summed E-state index contributed by atoms with van der Waals surface area (Å²) in [5.74, 6) is 0. The number of rotatable bonds is 5. The molecule has 0 fully saturated rings. The van der Waals surface area contributed by atoms with Crippen molar-refractivity contribution in [1.29, 1.82) is 0 Å². The van der Waals surface area contributed by atoms with Crippen molar-refractivity contribution >= 4 is 28.7 Å². The molecular formula is C18H19F3N2S. The molecule has 2 N–H and O–H groups in total. The number of anilines is 2. The number of benzene rings is 2. The third kappa shape index (κ3) is 5.53. The molecule has 0 aliphatic heterocycles. The van der Waals surface area contributed by atoms with E-state index in [1.54, 1.807) is 0 Å². The van der Waals surface area contributed by atoms with E-state index in [2.05, 4.69) is 17.6 Å². The summed E-state index contributed by atoms with van der Waals surface area (Å²) >= 11 is 5.18. The van der Waals surface area contributed by atoms with Crippen LogP contribution in [0.3, 0.4) is 0 Å². The van der Waals surface area contributed by atoms with Crippen LogP contribution in [-0.2, 0) is 12.6 Å². The van der Waals surface area contributed by atoms with Gasteiger partial charge in [0.05, 0.1) is 5.56 Å². The van der Waals surface area contributed by atoms with E-state index in [1.807, 2.05) is 24.3 Å². The molecule has 128 valence electrons. The summed E-state index contributed by atoms with van der Waals surface area (Å²) in [7, 11) is 0. The molecule has 2 nitrogen and oxygen atoms in total. The van der Waals surface area contributed by atoms with Crippen LogP contribution in [0.15, 0.2) is 48.5 Å². The van der Waals surface area contributed by atoms with E-state index in [0.717, 1.165) is 37.1 Å². The first kappa shape index (κ1) is 18.3. The van der Waals surface area contributed by atoms with Gasteiger partial charge in [0, 0.05) is 11.4 Å². The normalized spacial score (nSPS) is 11.2. The lowest BCUT2D eigenvalue weighted by molar-refractivity contribution is -0.137. The summed E-state index contributed by atoms with van der Waals surface area (Å²) in [5.41, 5.74) is 1.92. The standard InChI is InChI=1S/C18H19F3N2S/c1-2-3-4-13-5-9-15(10-6-13)22-17(24)23-16-11-7-14(8-12-16)18(19,20)21/h5-12H,2-4H2,1H3,(H2,22,23,24). The van der Waals surface area contributed by atoms with E-state index < -0.39 is 11.7 Å². The summed E-state index contributed by atoms with van der Waals surface area (Å²) in [6, 6.07) is 12.7. The minimum atomic E-state index is -4.34. The Morgan fingerprint density at radius 3 is 1.88 bits per heavy atom. The monoisotopic (exact) mass is 352 g/mol. The number of aryl methyl sites for hydroxylation is 1. The second-order valence-corrected chi connectivity index (χ2v) is 5.86. The minimum Gasteiger partial charge on any atom is -0.332 e. The van der Waals surface area contributed by atoms with E-state index in [0.29, 0.717) is 10.8 Å². The minimum absolute atomic E-state index is 0.330. The van der Waals surface area contributed by atoms with Gasteiger partial charge in [0.25, 0.3) is 0 Å². The van der Waals surface area contributed by atoms with Gasteiger partial charge in [-0.05, 0) is 67.0 Å². The molecule has 24 heavy (non-hydrogen) atoms. The maximum absolute atomic E-state index is 12.5. The number of thiocarbonyl (C=S) groups is 1. The molecule has 6 heteroatoms. The SMILES string of the molecule is CCCCc1ccc(NC(=S)Nc2ccc(C(F)(F)F)cc2)cc1. The van der Waals surface area contributed by atoms with Crippen molar-refractivity contribution in [1.82, 2.24) is 0 Å². The number of nitrogens with one attached hydrogen (secondary N) is 2. The predicted octanol–water partition coefficient (Wildman–Crippen LogP) is 5.86. The highest BCUT2D eigenvalue weighted by Crippen LogP contribution is 2.29. The lowest BCUT2D eigenvalue weighted by atomic mass is 10.1. The first-order valence-electron chi connectivity index (χ1n) is 7.72. The topological polar surface area (TPSA) is 24.1 Å². The van der Waals surface area contributed by atoms with Gasteiger partial charge < -0.3 is 10.6 Å². The molecule has 0 aliphatic rings. The molecular weight excluding hydrogens is 333 g/mol. The average molecular weight is 352 g/mol. The Balaban J connectivity index is 1.91. The van der Waals surface area contributed by atoms with Crippen molar-refractivity contribution in [3.63, 3.8) is 0 Å². The van der Waals surface area contributed by atoms with E-state index in [9.17, 15) is 13.2 Å². The fourth-order valence-electron chi connectivity index (χ4n) is 2.17. The fourth-order valence-corrected chi connectivity index (χ4v) is 2.41. The average Bonchev–Trinajstić information content (AvgIpc) is 2.54. The van der Waals surface area contributed by atoms with Gasteiger partial charge in [0.15, 0.2) is 5.11 Å². The lowest BCUT2D eigenvalue weighted by Gasteiger charge is -2.12. The Hall–Kier alpha value is -2.08. The van der Waals surface area contributed by atoms with Gasteiger partial charge in [-0.25, -0.2) is 0 Å². The Morgan fingerprint density at radius 2 is 1.42 bits per heavy atom. The molecule has 0 spiro atoms. The maximum Gasteiger partial charge on any atom is 0.416 e. The molecule has 2 aromatic carbocycles. The summed E-state index contributed by atoms with van der Waals surface area (Å²) in [6.45, 7) is 2.15. The van der Waals surface area contributed by atoms with Crippen molar-refractivity contribution in [2.24, 2.45) is 0 Å². The molecule has 2 aromatic rings. The molecule has 0 unspecified atom stereocenters. The highest BCUT2D eigenvalue weighted by atomic mass is 32.1. The van der Waals surface area contributed by atoms with Crippen molar-refractivity contribution in [3.8, 4) is 0 Å². The van der Waals surface area contributed by atoms with Gasteiger partial charge in [-0.1, -0.05) is 25.5 Å². The summed E-state index contributed by atoms with van der Waals surface area (Å²) in [4.78, 5) is 0. The van der Waals surface area contributed by atoms with Gasteiger partial charge in [0.1, 0.15) is 0 Å². The summed E-state index contributed by atoms with van der Waals surface area (Å²) in [5, 5.41) is 6.22. The van der Waals surface area contributed by atoms with Crippen LogP contribution in [-0.4, -0.2) is 5.11 Å². The Kier molecular flexibility index (Phi) is 6.20. The maximum atomic E-state index is 12.5. The van der Waals surface area contributed by atoms with E-state index >= 15 is 0 Å². The molecule has 0 radical (unpaired) electrons. The van der Waals surface area contributed by atoms with Crippen LogP contribution < -0.4 is 10.6 Å². The van der Waals surface area contributed by atoms with Gasteiger partial charge in [-0.3, -0.25) is 0 Å². The van der Waals surface area contributed by atoms with Crippen molar-refractivity contribution in [2.45, 2.75) is 32.4 Å². The molecule has 0 saturated carbocycles. The smallest absolute Gasteiger partial charge is 0.332 e. The number of hydrogen-bond acceptors (Lipinski definition) is 1. The van der Waals surface area contributed by atoms with Crippen LogP contribution in [0.1, 0.15) is 30.9 Å². The van der Waals surface area contributed by atoms with Crippen LogP contribution in [0.2, 0.25) is 0 Å². The zero-order chi connectivity index (χ0) is 17.6. The number of unbranched alkanes of at least 4 members (excludes halogenated alkanes) is 1. The van der Waals surface area contributed by atoms with Gasteiger partial charge >= 0.3 is 6.18 Å². The molecule has 0 bridgehead atoms. The highest BCUT2D eigenvalue weighted by Gasteiger charge is 2.29. The Bertz CT molecular complexity index is 664. The number of halogens is 3. The van der Waals surface area contributed by atoms with E-state index in [4.69, 9.17) is 12.2 Å².